The third-order valence-corrected chi connectivity index (χ3v) is 5.64. The van der Waals surface area contributed by atoms with Crippen LogP contribution >= 0.6 is 0 Å². The van der Waals surface area contributed by atoms with Gasteiger partial charge in [0.1, 0.15) is 5.75 Å². The van der Waals surface area contributed by atoms with Crippen molar-refractivity contribution in [2.24, 2.45) is 5.92 Å². The van der Waals surface area contributed by atoms with Crippen LogP contribution in [0.25, 0.3) is 0 Å². The molecule has 0 bridgehead atoms. The summed E-state index contributed by atoms with van der Waals surface area (Å²) in [5, 5.41) is 6.00. The van der Waals surface area contributed by atoms with Crippen molar-refractivity contribution in [2.45, 2.75) is 71.1 Å². The van der Waals surface area contributed by atoms with Gasteiger partial charge in [-0.05, 0) is 71.4 Å². The van der Waals surface area contributed by atoms with Gasteiger partial charge in [-0.15, -0.1) is 0 Å². The van der Waals surface area contributed by atoms with Gasteiger partial charge in [-0.2, -0.15) is 0 Å². The number of carbonyl (C=O) groups is 1. The fourth-order valence-electron chi connectivity index (χ4n) is 4.07. The van der Waals surface area contributed by atoms with Gasteiger partial charge in [0.25, 0.3) is 0 Å². The molecule has 2 heterocycles. The van der Waals surface area contributed by atoms with E-state index in [0.717, 1.165) is 49.5 Å². The highest BCUT2D eigenvalue weighted by molar-refractivity contribution is 5.89. The minimum absolute atomic E-state index is 0.0443. The number of hydrogen-bond donors (Lipinski definition) is 2. The first kappa shape index (κ1) is 20.9. The summed E-state index contributed by atoms with van der Waals surface area (Å²) in [5.41, 5.74) is 1.15. The zero-order valence-corrected chi connectivity index (χ0v) is 17.8. The van der Waals surface area contributed by atoms with Crippen molar-refractivity contribution in [3.8, 4) is 5.75 Å². The van der Waals surface area contributed by atoms with Crippen molar-refractivity contribution in [1.82, 2.24) is 5.32 Å². The van der Waals surface area contributed by atoms with Crippen LogP contribution in [-0.2, 0) is 9.47 Å². The lowest BCUT2D eigenvalue weighted by atomic mass is 9.95. The fourth-order valence-corrected chi connectivity index (χ4v) is 4.07. The third kappa shape index (κ3) is 5.39. The quantitative estimate of drug-likeness (QED) is 0.788. The smallest absolute Gasteiger partial charge is 0.319 e. The maximum absolute atomic E-state index is 12.5. The van der Waals surface area contributed by atoms with E-state index in [9.17, 15) is 4.79 Å². The molecule has 1 aromatic carbocycles. The molecule has 0 saturated carbocycles. The molecule has 0 spiro atoms. The lowest BCUT2D eigenvalue weighted by Crippen LogP contribution is -2.47. The van der Waals surface area contributed by atoms with Gasteiger partial charge < -0.3 is 24.8 Å². The largest absolute Gasteiger partial charge is 0.493 e. The third-order valence-electron chi connectivity index (χ3n) is 5.64. The summed E-state index contributed by atoms with van der Waals surface area (Å²) in [5.74, 6) is 1.34. The second kappa shape index (κ2) is 8.29. The minimum atomic E-state index is -0.397. The monoisotopic (exact) mass is 390 g/mol. The van der Waals surface area contributed by atoms with Gasteiger partial charge in [-0.3, -0.25) is 0 Å². The van der Waals surface area contributed by atoms with Crippen LogP contribution in [0.2, 0.25) is 0 Å². The molecule has 2 N–H and O–H groups in total. The zero-order chi connectivity index (χ0) is 20.4. The molecule has 1 unspecified atom stereocenters. The Kier molecular flexibility index (Phi) is 6.20. The predicted octanol–water partition coefficient (Wildman–Crippen LogP) is 4.27. The first-order chi connectivity index (χ1) is 13.1. The lowest BCUT2D eigenvalue weighted by Gasteiger charge is -2.27. The van der Waals surface area contributed by atoms with Gasteiger partial charge in [0, 0.05) is 25.0 Å². The molecule has 3 rings (SSSR count). The number of urea groups is 1. The van der Waals surface area contributed by atoms with Crippen molar-refractivity contribution < 1.29 is 19.0 Å². The summed E-state index contributed by atoms with van der Waals surface area (Å²) < 4.78 is 17.5. The highest BCUT2D eigenvalue weighted by atomic mass is 16.5. The molecule has 0 aliphatic carbocycles. The van der Waals surface area contributed by atoms with Gasteiger partial charge in [0.05, 0.1) is 23.9 Å². The molecular weight excluding hydrogens is 356 g/mol. The number of amides is 2. The van der Waals surface area contributed by atoms with E-state index in [1.807, 2.05) is 39.0 Å². The van der Waals surface area contributed by atoms with Crippen molar-refractivity contribution in [3.63, 3.8) is 0 Å². The molecule has 156 valence electrons. The van der Waals surface area contributed by atoms with Crippen LogP contribution in [0.1, 0.15) is 52.5 Å². The van der Waals surface area contributed by atoms with Crippen molar-refractivity contribution in [2.75, 3.05) is 25.1 Å². The highest BCUT2D eigenvalue weighted by Gasteiger charge is 2.46. The van der Waals surface area contributed by atoms with Crippen LogP contribution in [0, 0.1) is 12.8 Å². The van der Waals surface area contributed by atoms with E-state index in [4.69, 9.17) is 14.2 Å². The summed E-state index contributed by atoms with van der Waals surface area (Å²) in [6.07, 6.45) is 2.85. The number of ether oxygens (including phenoxy) is 3. The summed E-state index contributed by atoms with van der Waals surface area (Å²) in [7, 11) is 0. The maximum Gasteiger partial charge on any atom is 0.319 e. The Bertz CT molecular complexity index is 696. The van der Waals surface area contributed by atoms with Crippen LogP contribution in [0.4, 0.5) is 10.5 Å². The Morgan fingerprint density at radius 3 is 2.57 bits per heavy atom. The van der Waals surface area contributed by atoms with Crippen LogP contribution in [-0.4, -0.2) is 43.1 Å². The van der Waals surface area contributed by atoms with Crippen molar-refractivity contribution in [1.29, 1.82) is 0 Å². The second-order valence-corrected chi connectivity index (χ2v) is 9.17. The SMILES string of the molecule is Cc1ccc(NC(=O)NC2CC(C)(C)OC2(C)C)cc1OCC1CCOCC1. The van der Waals surface area contributed by atoms with Gasteiger partial charge in [-0.25, -0.2) is 4.79 Å². The Morgan fingerprint density at radius 1 is 1.21 bits per heavy atom. The summed E-state index contributed by atoms with van der Waals surface area (Å²) in [6.45, 7) is 12.5. The van der Waals surface area contributed by atoms with E-state index >= 15 is 0 Å². The number of carbonyl (C=O) groups excluding carboxylic acids is 1. The Labute approximate surface area is 168 Å². The molecule has 6 nitrogen and oxygen atoms in total. The Balaban J connectivity index is 1.57. The molecule has 2 aliphatic heterocycles. The summed E-state index contributed by atoms with van der Waals surface area (Å²) in [6, 6.07) is 5.50. The van der Waals surface area contributed by atoms with Crippen LogP contribution < -0.4 is 15.4 Å². The fraction of sp³-hybridized carbons (Fsp3) is 0.682. The molecular formula is C22H34N2O4. The summed E-state index contributed by atoms with van der Waals surface area (Å²) >= 11 is 0. The average Bonchev–Trinajstić information content (AvgIpc) is 2.82. The molecule has 2 fully saturated rings. The van der Waals surface area contributed by atoms with Gasteiger partial charge in [0.2, 0.25) is 0 Å². The zero-order valence-electron chi connectivity index (χ0n) is 17.8. The van der Waals surface area contributed by atoms with Crippen LogP contribution in [0.5, 0.6) is 5.75 Å². The molecule has 2 amide bonds. The van der Waals surface area contributed by atoms with Crippen LogP contribution in [0.15, 0.2) is 18.2 Å². The maximum atomic E-state index is 12.5. The normalized spacial score (nSPS) is 24.0. The number of benzene rings is 1. The number of anilines is 1. The molecule has 0 aromatic heterocycles. The first-order valence-corrected chi connectivity index (χ1v) is 10.2. The second-order valence-electron chi connectivity index (χ2n) is 9.17. The number of rotatable bonds is 5. The summed E-state index contributed by atoms with van der Waals surface area (Å²) in [4.78, 5) is 12.5. The Hall–Kier alpha value is -1.79. The van der Waals surface area contributed by atoms with Gasteiger partial charge in [0.15, 0.2) is 0 Å². The Morgan fingerprint density at radius 2 is 1.93 bits per heavy atom. The van der Waals surface area contributed by atoms with E-state index in [1.54, 1.807) is 0 Å². The first-order valence-electron chi connectivity index (χ1n) is 10.2. The predicted molar refractivity (Wildman–Crippen MR) is 110 cm³/mol. The van der Waals surface area contributed by atoms with E-state index in [-0.39, 0.29) is 17.7 Å². The topological polar surface area (TPSA) is 68.8 Å². The molecule has 2 saturated heterocycles. The standard InChI is InChI=1S/C22H34N2O4/c1-15-6-7-17(12-18(15)27-14-16-8-10-26-11-9-16)23-20(25)24-19-13-21(2,3)28-22(19,4)5/h6-7,12,16,19H,8-11,13-14H2,1-5H3,(H2,23,24,25). The van der Waals surface area contributed by atoms with E-state index in [2.05, 4.69) is 24.5 Å². The van der Waals surface area contributed by atoms with Crippen LogP contribution in [0.3, 0.4) is 0 Å². The van der Waals surface area contributed by atoms with E-state index < -0.39 is 5.60 Å². The van der Waals surface area contributed by atoms with E-state index in [0.29, 0.717) is 12.5 Å². The average molecular weight is 391 g/mol. The van der Waals surface area contributed by atoms with Crippen molar-refractivity contribution >= 4 is 11.7 Å². The molecule has 1 atom stereocenters. The number of nitrogens with one attached hydrogen (secondary N) is 2. The molecule has 2 aliphatic rings. The molecule has 0 radical (unpaired) electrons. The minimum Gasteiger partial charge on any atom is -0.493 e. The van der Waals surface area contributed by atoms with E-state index in [1.165, 1.54) is 0 Å². The molecule has 28 heavy (non-hydrogen) atoms. The van der Waals surface area contributed by atoms with Gasteiger partial charge in [-0.1, -0.05) is 6.07 Å². The molecule has 1 aromatic rings. The number of hydrogen-bond acceptors (Lipinski definition) is 4. The number of aryl methyl sites for hydroxylation is 1. The highest BCUT2D eigenvalue weighted by Crippen LogP contribution is 2.37. The van der Waals surface area contributed by atoms with Crippen molar-refractivity contribution in [3.05, 3.63) is 23.8 Å². The molecule has 6 heteroatoms. The van der Waals surface area contributed by atoms with Gasteiger partial charge >= 0.3 is 6.03 Å². The lowest BCUT2D eigenvalue weighted by molar-refractivity contribution is -0.0689.